The molecule has 0 radical (unpaired) electrons. The van der Waals surface area contributed by atoms with E-state index in [1.807, 2.05) is 26.1 Å². The number of carbonyl (C=O) groups is 2. The Morgan fingerprint density at radius 2 is 1.92 bits per heavy atom. The zero-order valence-electron chi connectivity index (χ0n) is 15.3. The number of aryl methyl sites for hydroxylation is 2. The molecule has 0 spiro atoms. The van der Waals surface area contributed by atoms with Crippen LogP contribution in [0.4, 0.5) is 5.82 Å². The average molecular weight is 356 g/mol. The van der Waals surface area contributed by atoms with Crippen LogP contribution in [0.1, 0.15) is 28.9 Å². The number of likely N-dealkylation sites (N-methyl/N-ethyl adjacent to an activating group) is 1. The molecule has 1 aliphatic rings. The number of hydrogen-bond acceptors (Lipinski definition) is 5. The Labute approximate surface area is 152 Å². The van der Waals surface area contributed by atoms with E-state index in [-0.39, 0.29) is 11.8 Å². The van der Waals surface area contributed by atoms with Crippen molar-refractivity contribution >= 4 is 17.6 Å². The predicted molar refractivity (Wildman–Crippen MR) is 97.7 cm³/mol. The number of aromatic nitrogens is 3. The first-order valence-electron chi connectivity index (χ1n) is 8.65. The van der Waals surface area contributed by atoms with Crippen LogP contribution in [-0.2, 0) is 11.8 Å². The maximum absolute atomic E-state index is 12.7. The second-order valence-electron chi connectivity index (χ2n) is 6.61. The minimum Gasteiger partial charge on any atom is -0.357 e. The summed E-state index contributed by atoms with van der Waals surface area (Å²) in [4.78, 5) is 31.2. The van der Waals surface area contributed by atoms with Gasteiger partial charge in [-0.2, -0.15) is 5.10 Å². The molecular formula is C18H24N6O2. The van der Waals surface area contributed by atoms with E-state index in [1.165, 1.54) is 0 Å². The summed E-state index contributed by atoms with van der Waals surface area (Å²) in [6.07, 6.45) is 4.32. The molecule has 1 aliphatic heterocycles. The number of nitrogens with one attached hydrogen (secondary N) is 2. The number of rotatable bonds is 4. The van der Waals surface area contributed by atoms with Gasteiger partial charge in [0.25, 0.3) is 5.91 Å². The second kappa shape index (κ2) is 7.15. The zero-order chi connectivity index (χ0) is 18.7. The van der Waals surface area contributed by atoms with Gasteiger partial charge in [-0.15, -0.1) is 0 Å². The van der Waals surface area contributed by atoms with Gasteiger partial charge in [-0.3, -0.25) is 19.3 Å². The van der Waals surface area contributed by atoms with Gasteiger partial charge in [0, 0.05) is 45.1 Å². The van der Waals surface area contributed by atoms with Crippen molar-refractivity contribution in [1.29, 1.82) is 0 Å². The maximum Gasteiger partial charge on any atom is 0.255 e. The van der Waals surface area contributed by atoms with Crippen molar-refractivity contribution in [1.82, 2.24) is 25.0 Å². The van der Waals surface area contributed by atoms with Crippen molar-refractivity contribution in [3.8, 4) is 0 Å². The van der Waals surface area contributed by atoms with Gasteiger partial charge in [-0.1, -0.05) is 0 Å². The third-order valence-corrected chi connectivity index (χ3v) is 4.91. The normalized spacial score (nSPS) is 16.2. The monoisotopic (exact) mass is 356 g/mol. The number of nitrogens with zero attached hydrogens (tertiary/aromatic N) is 4. The lowest BCUT2D eigenvalue weighted by Gasteiger charge is -2.41. The number of piperidine rings is 1. The maximum atomic E-state index is 12.7. The van der Waals surface area contributed by atoms with E-state index in [4.69, 9.17) is 0 Å². The van der Waals surface area contributed by atoms with Crippen molar-refractivity contribution in [2.75, 3.05) is 25.5 Å². The summed E-state index contributed by atoms with van der Waals surface area (Å²) >= 11 is 0. The Morgan fingerprint density at radius 1 is 1.19 bits per heavy atom. The lowest BCUT2D eigenvalue weighted by molar-refractivity contribution is -0.126. The van der Waals surface area contributed by atoms with Crippen LogP contribution in [0.25, 0.3) is 0 Å². The molecule has 0 bridgehead atoms. The average Bonchev–Trinajstić information content (AvgIpc) is 3.06. The number of amides is 2. The number of anilines is 1. The van der Waals surface area contributed by atoms with E-state index in [9.17, 15) is 9.59 Å². The molecule has 138 valence electrons. The first-order chi connectivity index (χ1) is 12.4. The Hall–Kier alpha value is -2.90. The molecule has 2 amide bonds. The van der Waals surface area contributed by atoms with Crippen LogP contribution >= 0.6 is 0 Å². The first-order valence-corrected chi connectivity index (χ1v) is 8.65. The Morgan fingerprint density at radius 3 is 2.46 bits per heavy atom. The van der Waals surface area contributed by atoms with Crippen LogP contribution in [0, 0.1) is 6.92 Å². The summed E-state index contributed by atoms with van der Waals surface area (Å²) in [5, 5.41) is 10.2. The quantitative estimate of drug-likeness (QED) is 0.851. The fraction of sp³-hybridized carbons (Fsp3) is 0.444. The highest BCUT2D eigenvalue weighted by molar-refractivity contribution is 5.95. The molecule has 0 unspecified atom stereocenters. The third-order valence-electron chi connectivity index (χ3n) is 4.91. The Bertz CT molecular complexity index is 790. The molecule has 1 fully saturated rings. The van der Waals surface area contributed by atoms with Crippen LogP contribution < -0.4 is 10.6 Å². The highest BCUT2D eigenvalue weighted by Gasteiger charge is 2.42. The topological polar surface area (TPSA) is 92.2 Å². The highest BCUT2D eigenvalue weighted by atomic mass is 16.2. The summed E-state index contributed by atoms with van der Waals surface area (Å²) in [5.74, 6) is 0.641. The van der Waals surface area contributed by atoms with E-state index in [1.54, 1.807) is 35.1 Å². The van der Waals surface area contributed by atoms with Gasteiger partial charge >= 0.3 is 0 Å². The minimum absolute atomic E-state index is 0.0523. The van der Waals surface area contributed by atoms with Gasteiger partial charge in [-0.25, -0.2) is 0 Å². The van der Waals surface area contributed by atoms with E-state index in [0.29, 0.717) is 31.5 Å². The number of pyridine rings is 1. The van der Waals surface area contributed by atoms with Gasteiger partial charge in [0.2, 0.25) is 5.91 Å². The lowest BCUT2D eigenvalue weighted by Crippen LogP contribution is -2.58. The summed E-state index contributed by atoms with van der Waals surface area (Å²) in [6, 6.07) is 5.45. The molecule has 3 heterocycles. The molecule has 3 rings (SSSR count). The second-order valence-corrected chi connectivity index (χ2v) is 6.61. The van der Waals surface area contributed by atoms with Crippen LogP contribution in [0.3, 0.4) is 0 Å². The zero-order valence-corrected chi connectivity index (χ0v) is 15.3. The van der Waals surface area contributed by atoms with Crippen LogP contribution in [0.2, 0.25) is 0 Å². The number of likely N-dealkylation sites (tertiary alicyclic amines) is 1. The van der Waals surface area contributed by atoms with E-state index in [2.05, 4.69) is 20.7 Å². The van der Waals surface area contributed by atoms with Crippen molar-refractivity contribution in [3.63, 3.8) is 0 Å². The lowest BCUT2D eigenvalue weighted by atomic mass is 9.86. The largest absolute Gasteiger partial charge is 0.357 e. The molecular weight excluding hydrogens is 332 g/mol. The van der Waals surface area contributed by atoms with Gasteiger partial charge < -0.3 is 15.5 Å². The van der Waals surface area contributed by atoms with Crippen molar-refractivity contribution in [2.24, 2.45) is 7.05 Å². The van der Waals surface area contributed by atoms with Crippen molar-refractivity contribution in [2.45, 2.75) is 25.3 Å². The van der Waals surface area contributed by atoms with E-state index < -0.39 is 5.54 Å². The molecule has 0 aliphatic carbocycles. The summed E-state index contributed by atoms with van der Waals surface area (Å²) < 4.78 is 1.69. The Balaban J connectivity index is 1.74. The molecule has 2 aromatic heterocycles. The Kier molecular flexibility index (Phi) is 4.92. The molecule has 26 heavy (non-hydrogen) atoms. The number of hydrogen-bond donors (Lipinski definition) is 2. The molecule has 2 N–H and O–H groups in total. The summed E-state index contributed by atoms with van der Waals surface area (Å²) in [5.41, 5.74) is 0.687. The molecule has 8 heteroatoms. The van der Waals surface area contributed by atoms with Crippen LogP contribution in [0.15, 0.2) is 30.6 Å². The van der Waals surface area contributed by atoms with Crippen LogP contribution in [-0.4, -0.2) is 57.2 Å². The van der Waals surface area contributed by atoms with Gasteiger partial charge in [0.05, 0.1) is 11.8 Å². The molecule has 2 aromatic rings. The molecule has 0 aromatic carbocycles. The fourth-order valence-electron chi connectivity index (χ4n) is 3.26. The fourth-order valence-corrected chi connectivity index (χ4v) is 3.26. The third kappa shape index (κ3) is 3.40. The summed E-state index contributed by atoms with van der Waals surface area (Å²) in [7, 11) is 3.45. The molecule has 1 saturated heterocycles. The van der Waals surface area contributed by atoms with Crippen molar-refractivity contribution < 1.29 is 9.59 Å². The summed E-state index contributed by atoms with van der Waals surface area (Å²) in [6.45, 7) is 2.87. The first kappa shape index (κ1) is 17.9. The predicted octanol–water partition coefficient (Wildman–Crippen LogP) is 0.956. The SMILES string of the molecule is CNC(=O)C1(Nc2ccnn2C)CCN(C(=O)c2ccc(C)nc2)CC1. The molecule has 8 nitrogen and oxygen atoms in total. The van der Waals surface area contributed by atoms with Gasteiger partial charge in [0.15, 0.2) is 0 Å². The molecule has 0 saturated carbocycles. The van der Waals surface area contributed by atoms with Gasteiger partial charge in [-0.05, 0) is 31.9 Å². The van der Waals surface area contributed by atoms with E-state index in [0.717, 1.165) is 11.5 Å². The molecule has 0 atom stereocenters. The van der Waals surface area contributed by atoms with Crippen LogP contribution in [0.5, 0.6) is 0 Å². The minimum atomic E-state index is -0.759. The van der Waals surface area contributed by atoms with Gasteiger partial charge in [0.1, 0.15) is 11.4 Å². The van der Waals surface area contributed by atoms with E-state index >= 15 is 0 Å². The standard InChI is InChI=1S/C18H24N6O2/c1-13-4-5-14(12-20-13)16(25)24-10-7-18(8-11-24,17(26)19-2)22-15-6-9-21-23(15)3/h4-6,9,12,22H,7-8,10-11H2,1-3H3,(H,19,26). The number of carbonyl (C=O) groups excluding carboxylic acids is 2. The highest BCUT2D eigenvalue weighted by Crippen LogP contribution is 2.28. The smallest absolute Gasteiger partial charge is 0.255 e. The van der Waals surface area contributed by atoms with Crippen molar-refractivity contribution in [3.05, 3.63) is 41.9 Å².